The lowest BCUT2D eigenvalue weighted by Gasteiger charge is -2.31. The van der Waals surface area contributed by atoms with Crippen LogP contribution >= 0.6 is 0 Å². The number of likely N-dealkylation sites (tertiary alicyclic amines) is 1. The molecule has 0 radical (unpaired) electrons. The van der Waals surface area contributed by atoms with E-state index in [9.17, 15) is 9.59 Å². The zero-order chi connectivity index (χ0) is 12.8. The van der Waals surface area contributed by atoms with Crippen LogP contribution in [0.15, 0.2) is 0 Å². The Morgan fingerprint density at radius 1 is 1.53 bits per heavy atom. The number of amides is 1. The van der Waals surface area contributed by atoms with Crippen molar-refractivity contribution in [3.05, 3.63) is 0 Å². The van der Waals surface area contributed by atoms with Crippen LogP contribution in [0.5, 0.6) is 0 Å². The number of hydrogen-bond donors (Lipinski definition) is 2. The first kappa shape index (κ1) is 14.0. The molecule has 1 heterocycles. The monoisotopic (exact) mass is 242 g/mol. The number of aliphatic carboxylic acids is 1. The zero-order valence-corrected chi connectivity index (χ0v) is 10.4. The predicted molar refractivity (Wildman–Crippen MR) is 64.4 cm³/mol. The number of carbonyl (C=O) groups is 2. The van der Waals surface area contributed by atoms with Crippen LogP contribution in [0.2, 0.25) is 0 Å². The summed E-state index contributed by atoms with van der Waals surface area (Å²) >= 11 is 0. The van der Waals surface area contributed by atoms with Crippen LogP contribution in [0.4, 0.5) is 0 Å². The van der Waals surface area contributed by atoms with Gasteiger partial charge in [0.15, 0.2) is 0 Å². The SMILES string of the molecule is CCC(CN)CC(=O)N1CCC[C@H](C(=O)O)C1. The van der Waals surface area contributed by atoms with Crippen LogP contribution in [0, 0.1) is 11.8 Å². The van der Waals surface area contributed by atoms with Gasteiger partial charge in [-0.2, -0.15) is 0 Å². The molecule has 0 aliphatic carbocycles. The molecule has 0 aromatic carbocycles. The highest BCUT2D eigenvalue weighted by molar-refractivity contribution is 5.78. The van der Waals surface area contributed by atoms with Gasteiger partial charge in [0, 0.05) is 19.5 Å². The summed E-state index contributed by atoms with van der Waals surface area (Å²) in [5.41, 5.74) is 5.57. The van der Waals surface area contributed by atoms with E-state index in [-0.39, 0.29) is 11.8 Å². The van der Waals surface area contributed by atoms with Gasteiger partial charge in [0.25, 0.3) is 0 Å². The molecule has 1 amide bonds. The van der Waals surface area contributed by atoms with Gasteiger partial charge in [0.2, 0.25) is 5.91 Å². The molecular weight excluding hydrogens is 220 g/mol. The van der Waals surface area contributed by atoms with Gasteiger partial charge in [0.1, 0.15) is 0 Å². The van der Waals surface area contributed by atoms with Crippen molar-refractivity contribution in [2.24, 2.45) is 17.6 Å². The number of rotatable bonds is 5. The number of nitrogens with zero attached hydrogens (tertiary/aromatic N) is 1. The summed E-state index contributed by atoms with van der Waals surface area (Å²) in [7, 11) is 0. The number of hydrogen-bond acceptors (Lipinski definition) is 3. The van der Waals surface area contributed by atoms with Gasteiger partial charge in [-0.3, -0.25) is 9.59 Å². The van der Waals surface area contributed by atoms with Crippen LogP contribution in [0.3, 0.4) is 0 Å². The first-order valence-electron chi connectivity index (χ1n) is 6.29. The Kier molecular flexibility index (Phi) is 5.41. The fraction of sp³-hybridized carbons (Fsp3) is 0.833. The van der Waals surface area contributed by atoms with E-state index in [2.05, 4.69) is 0 Å². The molecule has 1 unspecified atom stereocenters. The Bertz CT molecular complexity index is 277. The highest BCUT2D eigenvalue weighted by Gasteiger charge is 2.28. The molecule has 17 heavy (non-hydrogen) atoms. The van der Waals surface area contributed by atoms with Crippen LogP contribution in [-0.2, 0) is 9.59 Å². The molecular formula is C12H22N2O3. The summed E-state index contributed by atoms with van der Waals surface area (Å²) < 4.78 is 0. The molecule has 0 aromatic heterocycles. The molecule has 0 aromatic rings. The van der Waals surface area contributed by atoms with E-state index >= 15 is 0 Å². The molecule has 5 nitrogen and oxygen atoms in total. The first-order chi connectivity index (χ1) is 8.08. The summed E-state index contributed by atoms with van der Waals surface area (Å²) in [6, 6.07) is 0. The average molecular weight is 242 g/mol. The van der Waals surface area contributed by atoms with Gasteiger partial charge < -0.3 is 15.7 Å². The molecule has 1 fully saturated rings. The number of carboxylic acids is 1. The second-order valence-corrected chi connectivity index (χ2v) is 4.73. The van der Waals surface area contributed by atoms with E-state index in [1.165, 1.54) is 0 Å². The minimum atomic E-state index is -0.798. The van der Waals surface area contributed by atoms with E-state index in [0.29, 0.717) is 32.5 Å². The van der Waals surface area contributed by atoms with E-state index in [0.717, 1.165) is 12.8 Å². The third-order valence-corrected chi connectivity index (χ3v) is 3.50. The molecule has 0 bridgehead atoms. The first-order valence-corrected chi connectivity index (χ1v) is 6.29. The average Bonchev–Trinajstić information content (AvgIpc) is 2.35. The molecule has 3 N–H and O–H groups in total. The Hall–Kier alpha value is -1.10. The Morgan fingerprint density at radius 2 is 2.24 bits per heavy atom. The third kappa shape index (κ3) is 4.00. The summed E-state index contributed by atoms with van der Waals surface area (Å²) in [5.74, 6) is -0.931. The van der Waals surface area contributed by atoms with Gasteiger partial charge in [-0.15, -0.1) is 0 Å². The van der Waals surface area contributed by atoms with E-state index in [4.69, 9.17) is 10.8 Å². The van der Waals surface area contributed by atoms with Crippen molar-refractivity contribution in [1.82, 2.24) is 4.90 Å². The number of nitrogens with two attached hydrogens (primary N) is 1. The van der Waals surface area contributed by atoms with Gasteiger partial charge in [0.05, 0.1) is 5.92 Å². The van der Waals surface area contributed by atoms with Gasteiger partial charge in [-0.25, -0.2) is 0 Å². The van der Waals surface area contributed by atoms with E-state index < -0.39 is 11.9 Å². The molecule has 0 spiro atoms. The lowest BCUT2D eigenvalue weighted by Crippen LogP contribution is -2.43. The molecule has 5 heteroatoms. The van der Waals surface area contributed by atoms with Gasteiger partial charge in [-0.05, 0) is 25.3 Å². The number of carboxylic acid groups (broad SMARTS) is 1. The second kappa shape index (κ2) is 6.59. The van der Waals surface area contributed by atoms with E-state index in [1.807, 2.05) is 6.92 Å². The normalized spacial score (nSPS) is 22.2. The van der Waals surface area contributed by atoms with Crippen molar-refractivity contribution in [2.45, 2.75) is 32.6 Å². The van der Waals surface area contributed by atoms with E-state index in [1.54, 1.807) is 4.90 Å². The van der Waals surface area contributed by atoms with Crippen LogP contribution in [0.1, 0.15) is 32.6 Å². The molecule has 1 rings (SSSR count). The van der Waals surface area contributed by atoms with Crippen molar-refractivity contribution < 1.29 is 14.7 Å². The molecule has 0 saturated carbocycles. The lowest BCUT2D eigenvalue weighted by atomic mass is 9.96. The maximum Gasteiger partial charge on any atom is 0.308 e. The molecule has 1 aliphatic rings. The highest BCUT2D eigenvalue weighted by atomic mass is 16.4. The summed E-state index contributed by atoms with van der Waals surface area (Å²) in [4.78, 5) is 24.6. The second-order valence-electron chi connectivity index (χ2n) is 4.73. The van der Waals surface area contributed by atoms with Crippen molar-refractivity contribution >= 4 is 11.9 Å². The Balaban J connectivity index is 2.48. The minimum Gasteiger partial charge on any atom is -0.481 e. The number of piperidine rings is 1. The quantitative estimate of drug-likeness (QED) is 0.742. The van der Waals surface area contributed by atoms with Crippen LogP contribution in [-0.4, -0.2) is 41.5 Å². The van der Waals surface area contributed by atoms with Crippen molar-refractivity contribution in [3.63, 3.8) is 0 Å². The fourth-order valence-corrected chi connectivity index (χ4v) is 2.18. The zero-order valence-electron chi connectivity index (χ0n) is 10.4. The predicted octanol–water partition coefficient (Wildman–Crippen LogP) is 0.685. The molecule has 1 aliphatic heterocycles. The van der Waals surface area contributed by atoms with Gasteiger partial charge >= 0.3 is 5.97 Å². The Morgan fingerprint density at radius 3 is 2.76 bits per heavy atom. The summed E-state index contributed by atoms with van der Waals surface area (Å²) in [5, 5.41) is 8.95. The minimum absolute atomic E-state index is 0.0493. The topological polar surface area (TPSA) is 83.6 Å². The maximum atomic E-state index is 12.0. The molecule has 98 valence electrons. The van der Waals surface area contributed by atoms with Gasteiger partial charge in [-0.1, -0.05) is 13.3 Å². The van der Waals surface area contributed by atoms with Crippen LogP contribution in [0.25, 0.3) is 0 Å². The standard InChI is InChI=1S/C12H22N2O3/c1-2-9(7-13)6-11(15)14-5-3-4-10(8-14)12(16)17/h9-10H,2-8,13H2,1H3,(H,16,17)/t9?,10-/m0/s1. The van der Waals surface area contributed by atoms with Crippen molar-refractivity contribution in [2.75, 3.05) is 19.6 Å². The molecule has 1 saturated heterocycles. The Labute approximate surface area is 102 Å². The summed E-state index contributed by atoms with van der Waals surface area (Å²) in [6.07, 6.45) is 2.78. The molecule has 2 atom stereocenters. The lowest BCUT2D eigenvalue weighted by molar-refractivity contribution is -0.145. The largest absolute Gasteiger partial charge is 0.481 e. The third-order valence-electron chi connectivity index (χ3n) is 3.50. The van der Waals surface area contributed by atoms with Crippen molar-refractivity contribution in [1.29, 1.82) is 0 Å². The van der Waals surface area contributed by atoms with Crippen molar-refractivity contribution in [3.8, 4) is 0 Å². The number of carbonyl (C=O) groups excluding carboxylic acids is 1. The fourth-order valence-electron chi connectivity index (χ4n) is 2.18. The highest BCUT2D eigenvalue weighted by Crippen LogP contribution is 2.19. The maximum absolute atomic E-state index is 12.0. The summed E-state index contributed by atoms with van der Waals surface area (Å²) in [6.45, 7) is 3.57. The van der Waals surface area contributed by atoms with Crippen LogP contribution < -0.4 is 5.73 Å². The smallest absolute Gasteiger partial charge is 0.308 e.